The number of esters is 1. The van der Waals surface area contributed by atoms with Gasteiger partial charge in [-0.1, -0.05) is 6.92 Å². The van der Waals surface area contributed by atoms with Crippen molar-refractivity contribution in [3.8, 4) is 44.7 Å². The number of aromatic nitrogens is 4. The number of thiazole rings is 1. The fraction of sp³-hybridized carbons (Fsp3) is 0.429. The summed E-state index contributed by atoms with van der Waals surface area (Å²) in [4.78, 5) is 44.5. The van der Waals surface area contributed by atoms with Crippen LogP contribution in [0.5, 0.6) is 11.8 Å². The Bertz CT molecular complexity index is 1740. The number of anilines is 1. The van der Waals surface area contributed by atoms with Gasteiger partial charge in [0.25, 0.3) is 0 Å². The van der Waals surface area contributed by atoms with Gasteiger partial charge < -0.3 is 29.0 Å². The SMILES string of the molecule is CCCOc1ncccc1-c1csc(-c2cc(NC(=O)NCC)ncc2-c2cc(C(=O)OC3CCOCC3)cnc2OC2CCOCC2)n1. The molecule has 0 aliphatic carbocycles. The molecule has 4 aromatic rings. The molecule has 0 saturated carbocycles. The first-order chi connectivity index (χ1) is 24.0. The van der Waals surface area contributed by atoms with Crippen LogP contribution in [0.3, 0.4) is 0 Å². The Balaban J connectivity index is 1.43. The molecule has 13 nitrogen and oxygen atoms in total. The molecule has 14 heteroatoms. The lowest BCUT2D eigenvalue weighted by Crippen LogP contribution is -2.28. The van der Waals surface area contributed by atoms with Crippen LogP contribution in [0.2, 0.25) is 0 Å². The molecule has 0 spiro atoms. The number of nitrogens with one attached hydrogen (secondary N) is 2. The summed E-state index contributed by atoms with van der Waals surface area (Å²) in [5, 5.41) is 8.11. The van der Waals surface area contributed by atoms with E-state index in [0.29, 0.717) is 110 Å². The van der Waals surface area contributed by atoms with Crippen molar-refractivity contribution in [1.82, 2.24) is 25.3 Å². The van der Waals surface area contributed by atoms with E-state index in [1.807, 2.05) is 31.4 Å². The van der Waals surface area contributed by atoms with Crippen LogP contribution >= 0.6 is 11.3 Å². The van der Waals surface area contributed by atoms with Gasteiger partial charge in [-0.3, -0.25) is 5.32 Å². The summed E-state index contributed by atoms with van der Waals surface area (Å²) in [5.74, 6) is 0.697. The van der Waals surface area contributed by atoms with Crippen LogP contribution in [0, 0.1) is 0 Å². The monoisotopic (exact) mass is 688 g/mol. The Labute approximate surface area is 288 Å². The predicted molar refractivity (Wildman–Crippen MR) is 184 cm³/mol. The Kier molecular flexibility index (Phi) is 11.6. The zero-order valence-electron chi connectivity index (χ0n) is 27.6. The fourth-order valence-electron chi connectivity index (χ4n) is 5.47. The van der Waals surface area contributed by atoms with Gasteiger partial charge in [0, 0.05) is 72.9 Å². The van der Waals surface area contributed by atoms with Gasteiger partial charge in [-0.2, -0.15) is 0 Å². The Morgan fingerprint density at radius 3 is 2.43 bits per heavy atom. The molecule has 2 N–H and O–H groups in total. The first kappa shape index (κ1) is 34.2. The lowest BCUT2D eigenvalue weighted by Gasteiger charge is -2.25. The molecule has 0 aromatic carbocycles. The van der Waals surface area contributed by atoms with Gasteiger partial charge in [0.15, 0.2) is 0 Å². The molecule has 49 heavy (non-hydrogen) atoms. The van der Waals surface area contributed by atoms with E-state index >= 15 is 0 Å². The van der Waals surface area contributed by atoms with Crippen molar-refractivity contribution in [3.63, 3.8) is 0 Å². The molecule has 0 unspecified atom stereocenters. The van der Waals surface area contributed by atoms with Crippen molar-refractivity contribution in [1.29, 1.82) is 0 Å². The van der Waals surface area contributed by atoms with Gasteiger partial charge in [-0.15, -0.1) is 11.3 Å². The first-order valence-electron chi connectivity index (χ1n) is 16.6. The number of nitrogens with zero attached hydrogens (tertiary/aromatic N) is 4. The molecule has 2 aliphatic rings. The number of ether oxygens (including phenoxy) is 5. The Morgan fingerprint density at radius 2 is 1.67 bits per heavy atom. The molecule has 258 valence electrons. The predicted octanol–water partition coefficient (Wildman–Crippen LogP) is 6.15. The highest BCUT2D eigenvalue weighted by atomic mass is 32.1. The van der Waals surface area contributed by atoms with Gasteiger partial charge in [0.05, 0.1) is 49.9 Å². The molecular weight excluding hydrogens is 648 g/mol. The van der Waals surface area contributed by atoms with Crippen molar-refractivity contribution in [2.45, 2.75) is 58.2 Å². The Morgan fingerprint density at radius 1 is 0.898 bits per heavy atom. The number of rotatable bonds is 12. The topological polar surface area (TPSA) is 156 Å². The van der Waals surface area contributed by atoms with Gasteiger partial charge in [0.1, 0.15) is 23.0 Å². The van der Waals surface area contributed by atoms with Crippen molar-refractivity contribution in [3.05, 3.63) is 53.8 Å². The zero-order chi connectivity index (χ0) is 34.0. The number of hydrogen-bond acceptors (Lipinski definition) is 12. The normalized spacial score (nSPS) is 15.4. The zero-order valence-corrected chi connectivity index (χ0v) is 28.4. The number of hydrogen-bond donors (Lipinski definition) is 2. The second kappa shape index (κ2) is 16.6. The van der Waals surface area contributed by atoms with Crippen LogP contribution in [0.4, 0.5) is 10.6 Å². The lowest BCUT2D eigenvalue weighted by atomic mass is 10.0. The highest BCUT2D eigenvalue weighted by Crippen LogP contribution is 2.41. The molecule has 0 radical (unpaired) electrons. The molecule has 6 heterocycles. The highest BCUT2D eigenvalue weighted by molar-refractivity contribution is 7.13. The minimum atomic E-state index is -0.477. The summed E-state index contributed by atoms with van der Waals surface area (Å²) in [6.45, 7) is 7.12. The third kappa shape index (κ3) is 8.69. The van der Waals surface area contributed by atoms with E-state index in [2.05, 4.69) is 25.6 Å². The summed E-state index contributed by atoms with van der Waals surface area (Å²) in [6, 6.07) is 6.87. The van der Waals surface area contributed by atoms with E-state index in [-0.39, 0.29) is 23.8 Å². The minimum Gasteiger partial charge on any atom is -0.477 e. The average molecular weight is 689 g/mol. The largest absolute Gasteiger partial charge is 0.477 e. The second-order valence-electron chi connectivity index (χ2n) is 11.6. The molecule has 2 fully saturated rings. The minimum absolute atomic E-state index is 0.117. The number of amides is 2. The molecule has 6 rings (SSSR count). The molecule has 2 saturated heterocycles. The van der Waals surface area contributed by atoms with E-state index in [1.165, 1.54) is 17.5 Å². The number of pyridine rings is 3. The van der Waals surface area contributed by atoms with E-state index < -0.39 is 5.97 Å². The summed E-state index contributed by atoms with van der Waals surface area (Å²) in [6.07, 6.45) is 8.00. The maximum Gasteiger partial charge on any atom is 0.340 e. The molecule has 2 amide bonds. The van der Waals surface area contributed by atoms with Crippen molar-refractivity contribution in [2.24, 2.45) is 0 Å². The smallest absolute Gasteiger partial charge is 0.340 e. The number of carbonyl (C=O) groups excluding carboxylic acids is 2. The summed E-state index contributed by atoms with van der Waals surface area (Å²) in [7, 11) is 0. The maximum absolute atomic E-state index is 13.4. The van der Waals surface area contributed by atoms with E-state index in [0.717, 1.165) is 12.0 Å². The first-order valence-corrected chi connectivity index (χ1v) is 17.5. The van der Waals surface area contributed by atoms with E-state index in [4.69, 9.17) is 28.7 Å². The van der Waals surface area contributed by atoms with E-state index in [1.54, 1.807) is 24.5 Å². The number of urea groups is 1. The molecule has 2 aliphatic heterocycles. The van der Waals surface area contributed by atoms with Gasteiger partial charge in [-0.25, -0.2) is 29.5 Å². The summed E-state index contributed by atoms with van der Waals surface area (Å²) >= 11 is 1.42. The average Bonchev–Trinajstić information content (AvgIpc) is 3.62. The summed E-state index contributed by atoms with van der Waals surface area (Å²) in [5.41, 5.74) is 3.55. The van der Waals surface area contributed by atoms with Crippen LogP contribution in [0.15, 0.2) is 48.2 Å². The standard InChI is InChI=1S/C35H40N6O7S/c1-3-12-46-31-25(6-5-11-37-31)29-21-49-33(40-29)27-18-30(41-35(43)36-4-2)38-20-28(27)26-17-22(34(42)48-24-9-15-45-16-10-24)19-39-32(26)47-23-7-13-44-14-8-23/h5-6,11,17-21,23-24H,3-4,7-10,12-16H2,1-2H3,(H2,36,38,41,43). The lowest BCUT2D eigenvalue weighted by molar-refractivity contribution is -0.0159. The van der Waals surface area contributed by atoms with Gasteiger partial charge >= 0.3 is 12.0 Å². The van der Waals surface area contributed by atoms with Gasteiger partial charge in [0.2, 0.25) is 11.8 Å². The summed E-state index contributed by atoms with van der Waals surface area (Å²) < 4.78 is 29.2. The second-order valence-corrected chi connectivity index (χ2v) is 12.4. The van der Waals surface area contributed by atoms with Crippen LogP contribution in [0.25, 0.3) is 33.0 Å². The van der Waals surface area contributed by atoms with Crippen molar-refractivity contribution in [2.75, 3.05) is 44.9 Å². The van der Waals surface area contributed by atoms with Crippen LogP contribution in [0.1, 0.15) is 56.3 Å². The van der Waals surface area contributed by atoms with Crippen LogP contribution in [-0.4, -0.2) is 83.7 Å². The van der Waals surface area contributed by atoms with Crippen molar-refractivity contribution >= 4 is 29.2 Å². The van der Waals surface area contributed by atoms with Gasteiger partial charge in [-0.05, 0) is 37.6 Å². The third-order valence-electron chi connectivity index (χ3n) is 7.97. The van der Waals surface area contributed by atoms with Crippen molar-refractivity contribution < 1.29 is 33.3 Å². The Hall–Kier alpha value is -4.66. The van der Waals surface area contributed by atoms with Crippen LogP contribution in [-0.2, 0) is 14.2 Å². The molecular formula is C35H40N6O7S. The molecule has 4 aromatic heterocycles. The van der Waals surface area contributed by atoms with Crippen LogP contribution < -0.4 is 20.1 Å². The highest BCUT2D eigenvalue weighted by Gasteiger charge is 2.26. The quantitative estimate of drug-likeness (QED) is 0.165. The molecule has 0 atom stereocenters. The van der Waals surface area contributed by atoms with E-state index in [9.17, 15) is 9.59 Å². The third-order valence-corrected chi connectivity index (χ3v) is 8.85. The fourth-order valence-corrected chi connectivity index (χ4v) is 6.32. The number of carbonyl (C=O) groups is 2. The maximum atomic E-state index is 13.4. The molecule has 0 bridgehead atoms.